The zero-order valence-electron chi connectivity index (χ0n) is 37.9. The number of hydrogen-bond donors (Lipinski definition) is 0. The van der Waals surface area contributed by atoms with E-state index in [4.69, 9.17) is 0 Å². The van der Waals surface area contributed by atoms with E-state index in [0.29, 0.717) is 0 Å². The summed E-state index contributed by atoms with van der Waals surface area (Å²) in [7, 11) is -0.848. The van der Waals surface area contributed by atoms with E-state index >= 15 is 0 Å². The van der Waals surface area contributed by atoms with Crippen molar-refractivity contribution < 1.29 is 8.78 Å². The SMILES string of the molecule is Cc1cc(C)c([B-](c2c(C)cc(C)cc2C)(c2c(C)cc(C)cc2C)c2c(C)cc(C)cc2C)c(C)c1.Fc1cc(F)cc([PH+](C2CCCCC2)C2CCCCC2)c1. The zero-order valence-corrected chi connectivity index (χ0v) is 38.9. The normalized spacial score (nSPS) is 15.4. The van der Waals surface area contributed by atoms with Crippen LogP contribution in [0.4, 0.5) is 8.78 Å². The Morgan fingerprint density at radius 3 is 0.845 bits per heavy atom. The number of aryl methyl sites for hydroxylation is 12. The molecule has 5 aromatic rings. The summed E-state index contributed by atoms with van der Waals surface area (Å²) < 4.78 is 27.4. The fourth-order valence-corrected chi connectivity index (χ4v) is 17.0. The Bertz CT molecular complexity index is 1910. The highest BCUT2D eigenvalue weighted by Crippen LogP contribution is 2.55. The van der Waals surface area contributed by atoms with Crippen LogP contribution in [0.2, 0.25) is 0 Å². The molecule has 2 fully saturated rings. The molecule has 5 aromatic carbocycles. The van der Waals surface area contributed by atoms with E-state index in [9.17, 15) is 8.78 Å². The average Bonchev–Trinajstić information content (AvgIpc) is 3.11. The van der Waals surface area contributed by atoms with Gasteiger partial charge in [0, 0.05) is 26.1 Å². The molecule has 2 aliphatic rings. The maximum Gasteiger partial charge on any atom is 0.130 e. The summed E-state index contributed by atoms with van der Waals surface area (Å²) in [6, 6.07) is 23.5. The minimum Gasteiger partial charge on any atom is -0.207 e. The predicted molar refractivity (Wildman–Crippen MR) is 255 cm³/mol. The van der Waals surface area contributed by atoms with E-state index in [1.54, 1.807) is 12.1 Å². The lowest BCUT2D eigenvalue weighted by molar-refractivity contribution is 0.486. The first-order valence-electron chi connectivity index (χ1n) is 22.3. The van der Waals surface area contributed by atoms with Crippen molar-refractivity contribution in [1.82, 2.24) is 0 Å². The predicted octanol–water partition coefficient (Wildman–Crippen LogP) is 12.2. The summed E-state index contributed by atoms with van der Waals surface area (Å²) in [5.74, 6) is -0.779. The van der Waals surface area contributed by atoms with Gasteiger partial charge in [-0.05, 0) is 134 Å². The third-order valence-electron chi connectivity index (χ3n) is 14.0. The molecule has 0 saturated heterocycles. The second-order valence-electron chi connectivity index (χ2n) is 18.9. The van der Waals surface area contributed by atoms with Crippen LogP contribution < -0.4 is 27.2 Å². The Kier molecular flexibility index (Phi) is 13.9. The Morgan fingerprint density at radius 1 is 0.362 bits per heavy atom. The molecule has 0 heterocycles. The molecule has 308 valence electrons. The average molecular weight is 799 g/mol. The van der Waals surface area contributed by atoms with Gasteiger partial charge in [0.15, 0.2) is 0 Å². The number of rotatable bonds is 7. The topological polar surface area (TPSA) is 0 Å². The minimum atomic E-state index is -1.48. The minimum absolute atomic E-state index is 0.390. The van der Waals surface area contributed by atoms with Gasteiger partial charge in [0.05, 0.1) is 16.6 Å². The van der Waals surface area contributed by atoms with Crippen LogP contribution >= 0.6 is 7.92 Å². The van der Waals surface area contributed by atoms with Gasteiger partial charge in [0.25, 0.3) is 0 Å². The van der Waals surface area contributed by atoms with Crippen LogP contribution in [0.15, 0.2) is 66.7 Å². The van der Waals surface area contributed by atoms with E-state index in [0.717, 1.165) is 22.7 Å². The standard InChI is InChI=1S/C36H44B.C18H25F2P/c1-21-13-25(5)33(26(6)14-21)37(34-27(7)15-22(2)16-28(34)8,35-29(9)17-23(3)18-30(35)10)36-31(11)19-24(4)20-32(36)12;19-14-11-15(20)13-18(12-14)21(16-7-3-1-4-8-16)17-9-5-2-6-10-17/h13-20H,1-12H3;11-13,16-17H,1-10H2/q-1;/p+1. The van der Waals surface area contributed by atoms with Crippen molar-refractivity contribution in [2.75, 3.05) is 0 Å². The molecule has 0 unspecified atom stereocenters. The van der Waals surface area contributed by atoms with Gasteiger partial charge in [-0.15, -0.1) is 0 Å². The third-order valence-corrected chi connectivity index (χ3v) is 17.8. The van der Waals surface area contributed by atoms with Crippen LogP contribution in [0, 0.1) is 94.7 Å². The fraction of sp³-hybridized carbons (Fsp3) is 0.444. The molecule has 0 nitrogen and oxygen atoms in total. The van der Waals surface area contributed by atoms with Crippen molar-refractivity contribution in [3.8, 4) is 0 Å². The highest BCUT2D eigenvalue weighted by atomic mass is 31.1. The molecule has 0 spiro atoms. The van der Waals surface area contributed by atoms with Gasteiger partial charge in [0.1, 0.15) is 17.8 Å². The molecular weight excluding hydrogens is 728 g/mol. The number of hydrogen-bond acceptors (Lipinski definition) is 0. The van der Waals surface area contributed by atoms with E-state index in [1.165, 1.54) is 153 Å². The van der Waals surface area contributed by atoms with Crippen LogP contribution in [-0.2, 0) is 0 Å². The summed E-state index contributed by atoms with van der Waals surface area (Å²) in [5.41, 5.74) is 23.8. The lowest BCUT2D eigenvalue weighted by atomic mass is 9.10. The van der Waals surface area contributed by atoms with Crippen molar-refractivity contribution in [1.29, 1.82) is 0 Å². The number of benzene rings is 5. The third kappa shape index (κ3) is 8.97. The van der Waals surface area contributed by atoms with Crippen molar-refractivity contribution in [3.63, 3.8) is 0 Å². The molecule has 7 rings (SSSR count). The molecule has 0 radical (unpaired) electrons. The molecule has 0 N–H and O–H groups in total. The fourth-order valence-electron chi connectivity index (χ4n) is 12.7. The van der Waals surface area contributed by atoms with Gasteiger partial charge in [-0.1, -0.05) is 128 Å². The Hall–Kier alpha value is -3.55. The first kappa shape index (κ1) is 44.0. The maximum absolute atomic E-state index is 13.7. The molecular formula is C54H70BF2P. The lowest BCUT2D eigenvalue weighted by Gasteiger charge is -2.51. The van der Waals surface area contributed by atoms with E-state index in [1.807, 2.05) is 0 Å². The van der Waals surface area contributed by atoms with Crippen LogP contribution in [0.5, 0.6) is 0 Å². The lowest BCUT2D eigenvalue weighted by Crippen LogP contribution is -2.78. The summed E-state index contributed by atoms with van der Waals surface area (Å²) >= 11 is 0. The van der Waals surface area contributed by atoms with Gasteiger partial charge < -0.3 is 0 Å². The van der Waals surface area contributed by atoms with Crippen molar-refractivity contribution in [2.24, 2.45) is 0 Å². The molecule has 2 saturated carbocycles. The molecule has 2 aliphatic carbocycles. The number of halogens is 2. The van der Waals surface area contributed by atoms with Crippen molar-refractivity contribution in [2.45, 2.75) is 159 Å². The van der Waals surface area contributed by atoms with Crippen molar-refractivity contribution >= 4 is 41.2 Å². The molecule has 0 amide bonds. The van der Waals surface area contributed by atoms with Crippen molar-refractivity contribution in [3.05, 3.63) is 145 Å². The molecule has 0 bridgehead atoms. The largest absolute Gasteiger partial charge is 0.207 e. The van der Waals surface area contributed by atoms with Gasteiger partial charge in [-0.2, -0.15) is 21.9 Å². The maximum atomic E-state index is 13.7. The molecule has 0 atom stereocenters. The van der Waals surface area contributed by atoms with E-state index in [2.05, 4.69) is 132 Å². The molecule has 0 aliphatic heterocycles. The molecule has 58 heavy (non-hydrogen) atoms. The highest BCUT2D eigenvalue weighted by molar-refractivity contribution is 7.67. The monoisotopic (exact) mass is 799 g/mol. The summed E-state index contributed by atoms with van der Waals surface area (Å²) in [6.07, 6.45) is 11.6. The van der Waals surface area contributed by atoms with Crippen LogP contribution in [0.25, 0.3) is 0 Å². The highest BCUT2D eigenvalue weighted by Gasteiger charge is 2.41. The van der Waals surface area contributed by atoms with Crippen LogP contribution in [0.3, 0.4) is 0 Å². The van der Waals surface area contributed by atoms with Gasteiger partial charge in [0.2, 0.25) is 0 Å². The second-order valence-corrected chi connectivity index (χ2v) is 22.0. The summed E-state index contributed by atoms with van der Waals surface area (Å²) in [4.78, 5) is 0. The first-order valence-corrected chi connectivity index (χ1v) is 24.0. The zero-order chi connectivity index (χ0) is 42.1. The van der Waals surface area contributed by atoms with E-state index < -0.39 is 14.1 Å². The quantitative estimate of drug-likeness (QED) is 0.114. The van der Waals surface area contributed by atoms with Gasteiger partial charge >= 0.3 is 0 Å². The van der Waals surface area contributed by atoms with Gasteiger partial charge in [-0.3, -0.25) is 0 Å². The summed E-state index contributed by atoms with van der Waals surface area (Å²) in [6.45, 7) is 27.6. The second kappa shape index (κ2) is 18.4. The Balaban J connectivity index is 0.000000227. The Labute approximate surface area is 352 Å². The summed E-state index contributed by atoms with van der Waals surface area (Å²) in [5, 5.41) is 1.02. The molecule has 4 heteroatoms. The van der Waals surface area contributed by atoms with Crippen LogP contribution in [0.1, 0.15) is 131 Å². The van der Waals surface area contributed by atoms with Crippen LogP contribution in [-0.4, -0.2) is 17.5 Å². The Morgan fingerprint density at radius 2 is 0.603 bits per heavy atom. The first-order chi connectivity index (χ1) is 27.5. The smallest absolute Gasteiger partial charge is 0.130 e. The van der Waals surface area contributed by atoms with E-state index in [-0.39, 0.29) is 11.6 Å². The van der Waals surface area contributed by atoms with Gasteiger partial charge in [-0.25, -0.2) is 8.78 Å². The molecule has 0 aromatic heterocycles.